The second-order valence-electron chi connectivity index (χ2n) is 6.35. The zero-order chi connectivity index (χ0) is 21.3. The number of nitrogens with zero attached hydrogens (tertiary/aromatic N) is 1. The number of carbonyl (C=O) groups excluding carboxylic acids is 1. The largest absolute Gasteiger partial charge is 0.733 e. The first-order valence-corrected chi connectivity index (χ1v) is 9.51. The van der Waals surface area contributed by atoms with Crippen molar-refractivity contribution in [3.8, 4) is 16.9 Å². The Balaban J connectivity index is 1.60. The third-order valence-electron chi connectivity index (χ3n) is 4.44. The molecule has 0 aliphatic rings. The number of hydrogen-bond acceptors (Lipinski definition) is 7. The summed E-state index contributed by atoms with van der Waals surface area (Å²) in [6.07, 6.45) is 1.38. The molecular weight excluding hydrogens is 454 g/mol. The molecule has 0 aliphatic heterocycles. The summed E-state index contributed by atoms with van der Waals surface area (Å²) in [4.78, 5) is 25.1. The Morgan fingerprint density at radius 3 is 2.40 bits per heavy atom. The van der Waals surface area contributed by atoms with Crippen LogP contribution in [0.1, 0.15) is 10.4 Å². The first kappa shape index (κ1) is 19.8. The Hall–Kier alpha value is -3.46. The van der Waals surface area contributed by atoms with Crippen LogP contribution in [-0.2, 0) is 0 Å². The van der Waals surface area contributed by atoms with Gasteiger partial charge in [0.25, 0.3) is 0 Å². The molecule has 4 rings (SSSR count). The molecule has 150 valence electrons. The van der Waals surface area contributed by atoms with Gasteiger partial charge in [0.15, 0.2) is 5.43 Å². The van der Waals surface area contributed by atoms with Crippen molar-refractivity contribution < 1.29 is 19.2 Å². The van der Waals surface area contributed by atoms with Gasteiger partial charge in [-0.15, -0.1) is 0 Å². The Morgan fingerprint density at radius 2 is 1.73 bits per heavy atom. The lowest BCUT2D eigenvalue weighted by Crippen LogP contribution is -2.10. The van der Waals surface area contributed by atoms with Gasteiger partial charge < -0.3 is 19.6 Å². The number of rotatable bonds is 4. The van der Waals surface area contributed by atoms with Crippen LogP contribution in [0.2, 0.25) is 0 Å². The molecule has 0 saturated carbocycles. The van der Waals surface area contributed by atoms with E-state index in [4.69, 9.17) is 14.4 Å². The summed E-state index contributed by atoms with van der Waals surface area (Å²) in [6, 6.07) is 17.1. The molecule has 3 aromatic carbocycles. The SMILES string of the molecule is O=C(Oc1ccc2c(=O)c(-c3ccc(Br)cc3)coc2c1)c1ccc(N([O-])O)cc1. The summed E-state index contributed by atoms with van der Waals surface area (Å²) >= 11 is 3.36. The van der Waals surface area contributed by atoms with E-state index in [0.717, 1.165) is 10.0 Å². The van der Waals surface area contributed by atoms with Gasteiger partial charge in [-0.2, -0.15) is 0 Å². The zero-order valence-corrected chi connectivity index (χ0v) is 16.8. The summed E-state index contributed by atoms with van der Waals surface area (Å²) in [5.41, 5.74) is 1.42. The highest BCUT2D eigenvalue weighted by Crippen LogP contribution is 2.25. The molecule has 0 atom stereocenters. The van der Waals surface area contributed by atoms with Gasteiger partial charge in [0, 0.05) is 10.5 Å². The Kier molecular flexibility index (Phi) is 5.37. The number of fused-ring (bicyclic) bond motifs is 1. The lowest BCUT2D eigenvalue weighted by molar-refractivity contribution is 0.0735. The Morgan fingerprint density at radius 1 is 1.03 bits per heavy atom. The fourth-order valence-corrected chi connectivity index (χ4v) is 3.16. The van der Waals surface area contributed by atoms with Crippen LogP contribution in [0.15, 0.2) is 86.7 Å². The summed E-state index contributed by atoms with van der Waals surface area (Å²) in [7, 11) is 0. The van der Waals surface area contributed by atoms with Crippen LogP contribution in [0, 0.1) is 5.21 Å². The Labute approximate surface area is 178 Å². The third-order valence-corrected chi connectivity index (χ3v) is 4.96. The first-order chi connectivity index (χ1) is 14.4. The highest BCUT2D eigenvalue weighted by atomic mass is 79.9. The van der Waals surface area contributed by atoms with Gasteiger partial charge in [0.1, 0.15) is 17.6 Å². The zero-order valence-electron chi connectivity index (χ0n) is 15.2. The van der Waals surface area contributed by atoms with Gasteiger partial charge in [0.05, 0.1) is 22.2 Å². The lowest BCUT2D eigenvalue weighted by Gasteiger charge is -2.21. The molecule has 4 aromatic rings. The number of benzene rings is 3. The van der Waals surface area contributed by atoms with Crippen LogP contribution in [0.4, 0.5) is 5.69 Å². The molecule has 0 radical (unpaired) electrons. The lowest BCUT2D eigenvalue weighted by atomic mass is 10.1. The van der Waals surface area contributed by atoms with Gasteiger partial charge in [0.2, 0.25) is 0 Å². The summed E-state index contributed by atoms with van der Waals surface area (Å²) in [5, 5.41) is 19.7. The van der Waals surface area contributed by atoms with Crippen LogP contribution in [-0.4, -0.2) is 11.2 Å². The third kappa shape index (κ3) is 3.97. The van der Waals surface area contributed by atoms with Crippen LogP contribution >= 0.6 is 15.9 Å². The molecular formula is C22H13BrNO6-. The topological polar surface area (TPSA) is 103 Å². The molecule has 1 aromatic heterocycles. The summed E-state index contributed by atoms with van der Waals surface area (Å²) in [6.45, 7) is 0. The second-order valence-corrected chi connectivity index (χ2v) is 7.27. The van der Waals surface area contributed by atoms with Gasteiger partial charge in [-0.1, -0.05) is 28.1 Å². The van der Waals surface area contributed by atoms with E-state index in [1.165, 1.54) is 48.7 Å². The van der Waals surface area contributed by atoms with Crippen LogP contribution in [0.5, 0.6) is 5.75 Å². The maximum absolute atomic E-state index is 12.8. The predicted octanol–water partition coefficient (Wildman–Crippen LogP) is 5.14. The van der Waals surface area contributed by atoms with Crippen molar-refractivity contribution in [1.29, 1.82) is 0 Å². The summed E-state index contributed by atoms with van der Waals surface area (Å²) < 4.78 is 11.8. The maximum atomic E-state index is 12.8. The van der Waals surface area contributed by atoms with E-state index in [9.17, 15) is 14.8 Å². The van der Waals surface area contributed by atoms with Crippen molar-refractivity contribution in [1.82, 2.24) is 0 Å². The molecule has 0 bridgehead atoms. The van der Waals surface area contributed by atoms with E-state index in [-0.39, 0.29) is 33.2 Å². The average molecular weight is 467 g/mol. The molecule has 8 heteroatoms. The van der Waals surface area contributed by atoms with E-state index in [0.29, 0.717) is 10.9 Å². The van der Waals surface area contributed by atoms with E-state index in [2.05, 4.69) is 15.9 Å². The molecule has 0 aliphatic carbocycles. The standard InChI is InChI=1S/C22H13BrNO6/c23-15-5-1-13(2-6-15)19-12-29-20-11-17(9-10-18(20)21(19)25)30-22(26)14-3-7-16(8-4-14)24(27)28/h1-12,27H/q-1. The molecule has 0 fully saturated rings. The molecule has 1 heterocycles. The van der Waals surface area contributed by atoms with Crippen molar-refractivity contribution in [2.75, 3.05) is 5.23 Å². The van der Waals surface area contributed by atoms with Gasteiger partial charge in [-0.05, 0) is 54.1 Å². The second kappa shape index (κ2) is 8.11. The quantitative estimate of drug-likeness (QED) is 0.252. The molecule has 30 heavy (non-hydrogen) atoms. The number of esters is 1. The molecule has 0 saturated heterocycles. The highest BCUT2D eigenvalue weighted by Gasteiger charge is 2.13. The van der Waals surface area contributed by atoms with Crippen molar-refractivity contribution in [2.45, 2.75) is 0 Å². The Bertz CT molecular complexity index is 1280. The van der Waals surface area contributed by atoms with Crippen molar-refractivity contribution in [3.63, 3.8) is 0 Å². The van der Waals surface area contributed by atoms with Gasteiger partial charge in [-0.3, -0.25) is 10.0 Å². The van der Waals surface area contributed by atoms with Crippen molar-refractivity contribution >= 4 is 38.6 Å². The van der Waals surface area contributed by atoms with E-state index in [1.54, 1.807) is 0 Å². The van der Waals surface area contributed by atoms with Crippen LogP contribution < -0.4 is 15.4 Å². The normalized spacial score (nSPS) is 10.8. The van der Waals surface area contributed by atoms with Crippen LogP contribution in [0.3, 0.4) is 0 Å². The minimum absolute atomic E-state index is 0.0133. The number of carbonyl (C=O) groups is 1. The minimum atomic E-state index is -0.662. The van der Waals surface area contributed by atoms with Gasteiger partial charge >= 0.3 is 5.97 Å². The van der Waals surface area contributed by atoms with Gasteiger partial charge in [-0.25, -0.2) is 4.79 Å². The van der Waals surface area contributed by atoms with Crippen molar-refractivity contribution in [2.24, 2.45) is 0 Å². The van der Waals surface area contributed by atoms with Crippen molar-refractivity contribution in [3.05, 3.63) is 98.5 Å². The summed E-state index contributed by atoms with van der Waals surface area (Å²) in [5.74, 6) is -0.464. The molecule has 1 N–H and O–H groups in total. The molecule has 0 amide bonds. The minimum Gasteiger partial charge on any atom is -0.733 e. The maximum Gasteiger partial charge on any atom is 0.343 e. The predicted molar refractivity (Wildman–Crippen MR) is 115 cm³/mol. The van der Waals surface area contributed by atoms with E-state index in [1.807, 2.05) is 24.3 Å². The first-order valence-electron chi connectivity index (χ1n) is 8.72. The fraction of sp³-hybridized carbons (Fsp3) is 0. The number of ether oxygens (including phenoxy) is 1. The molecule has 0 unspecified atom stereocenters. The van der Waals surface area contributed by atoms with E-state index < -0.39 is 5.97 Å². The average Bonchev–Trinajstić information content (AvgIpc) is 2.75. The van der Waals surface area contributed by atoms with Crippen LogP contribution in [0.25, 0.3) is 22.1 Å². The highest BCUT2D eigenvalue weighted by molar-refractivity contribution is 9.10. The smallest absolute Gasteiger partial charge is 0.343 e. The monoisotopic (exact) mass is 466 g/mol. The molecule has 0 spiro atoms. The number of hydrogen-bond donors (Lipinski definition) is 1. The van der Waals surface area contributed by atoms with E-state index >= 15 is 0 Å². The molecule has 7 nitrogen and oxygen atoms in total. The fourth-order valence-electron chi connectivity index (χ4n) is 2.89. The number of halogens is 1. The number of anilines is 1.